The van der Waals surface area contributed by atoms with Crippen LogP contribution in [0.2, 0.25) is 5.02 Å². The summed E-state index contributed by atoms with van der Waals surface area (Å²) in [5, 5.41) is 8.56. The molecule has 0 radical (unpaired) electrons. The molecule has 1 heterocycles. The smallest absolute Gasteiger partial charge is 0.241 e. The number of nitrogens with one attached hydrogen (secondary N) is 1. The Morgan fingerprint density at radius 1 is 1.09 bits per heavy atom. The molecule has 32 heavy (non-hydrogen) atoms. The molecule has 1 N–H and O–H groups in total. The third-order valence-corrected chi connectivity index (χ3v) is 5.94. The summed E-state index contributed by atoms with van der Waals surface area (Å²) in [6.07, 6.45) is 0.678. The van der Waals surface area contributed by atoms with Gasteiger partial charge in [-0.05, 0) is 43.7 Å². The van der Waals surface area contributed by atoms with Crippen LogP contribution in [0.4, 0.5) is 0 Å². The first-order valence-corrected chi connectivity index (χ1v) is 11.5. The van der Waals surface area contributed by atoms with Gasteiger partial charge in [-0.15, -0.1) is 5.10 Å². The zero-order valence-corrected chi connectivity index (χ0v) is 20.0. The van der Waals surface area contributed by atoms with Crippen LogP contribution < -0.4 is 14.8 Å². The van der Waals surface area contributed by atoms with Crippen molar-refractivity contribution >= 4 is 40.3 Å². The SMILES string of the molecule is CC(=O)NC1=NN(C(C)=O)[C@@H](c2cc(Cl)ccc2OCCCOc2ccc(C)cc2C)S1. The van der Waals surface area contributed by atoms with Gasteiger partial charge >= 0.3 is 0 Å². The highest BCUT2D eigenvalue weighted by molar-refractivity contribution is 8.14. The maximum Gasteiger partial charge on any atom is 0.241 e. The lowest BCUT2D eigenvalue weighted by Crippen LogP contribution is -2.25. The Balaban J connectivity index is 1.64. The largest absolute Gasteiger partial charge is 0.493 e. The molecule has 0 unspecified atom stereocenters. The standard InChI is InChI=1S/C23H26ClN3O4S/c1-14-6-8-20(15(2)12-14)30-10-5-11-31-21-9-7-18(24)13-19(21)22-27(17(4)29)26-23(32-22)25-16(3)28/h6-9,12-13,22H,5,10-11H2,1-4H3,(H,25,26,28)/t22-/m1/s1. The normalized spacial score (nSPS) is 15.3. The van der Waals surface area contributed by atoms with E-state index >= 15 is 0 Å². The summed E-state index contributed by atoms with van der Waals surface area (Å²) in [7, 11) is 0. The van der Waals surface area contributed by atoms with Crippen molar-refractivity contribution < 1.29 is 19.1 Å². The molecule has 7 nitrogen and oxygen atoms in total. The molecule has 0 bridgehead atoms. The summed E-state index contributed by atoms with van der Waals surface area (Å²) >= 11 is 7.48. The molecule has 2 amide bonds. The van der Waals surface area contributed by atoms with Crippen LogP contribution in [-0.2, 0) is 9.59 Å². The molecular formula is C23H26ClN3O4S. The number of ether oxygens (including phenoxy) is 2. The van der Waals surface area contributed by atoms with Gasteiger partial charge in [0.25, 0.3) is 0 Å². The fraction of sp³-hybridized carbons (Fsp3) is 0.348. The predicted octanol–water partition coefficient (Wildman–Crippen LogP) is 4.81. The molecule has 1 aliphatic rings. The van der Waals surface area contributed by atoms with Crippen LogP contribution in [-0.4, -0.2) is 35.2 Å². The van der Waals surface area contributed by atoms with Gasteiger partial charge in [0, 0.05) is 30.9 Å². The number of rotatable bonds is 7. The first-order chi connectivity index (χ1) is 15.2. The molecule has 170 valence electrons. The summed E-state index contributed by atoms with van der Waals surface area (Å²) in [5.41, 5.74) is 3.00. The third kappa shape index (κ3) is 6.17. The number of hydrogen-bond acceptors (Lipinski definition) is 6. The number of hydrazone groups is 1. The van der Waals surface area contributed by atoms with E-state index in [2.05, 4.69) is 16.5 Å². The minimum absolute atomic E-state index is 0.254. The minimum atomic E-state index is -0.491. The molecule has 0 saturated heterocycles. The van der Waals surface area contributed by atoms with Gasteiger partial charge in [-0.1, -0.05) is 41.1 Å². The second-order valence-electron chi connectivity index (χ2n) is 7.42. The number of amidine groups is 1. The zero-order valence-electron chi connectivity index (χ0n) is 18.5. The van der Waals surface area contributed by atoms with Crippen LogP contribution >= 0.6 is 23.4 Å². The Kier molecular flexibility index (Phi) is 8.04. The van der Waals surface area contributed by atoms with Crippen molar-refractivity contribution in [3.05, 3.63) is 58.1 Å². The second-order valence-corrected chi connectivity index (χ2v) is 8.93. The number of thioether (sulfide) groups is 1. The molecular weight excluding hydrogens is 450 g/mol. The van der Waals surface area contributed by atoms with Crippen LogP contribution in [0, 0.1) is 13.8 Å². The van der Waals surface area contributed by atoms with E-state index in [0.717, 1.165) is 11.3 Å². The number of carbonyl (C=O) groups excluding carboxylic acids is 2. The average molecular weight is 476 g/mol. The Morgan fingerprint density at radius 3 is 2.44 bits per heavy atom. The van der Waals surface area contributed by atoms with Crippen LogP contribution in [0.5, 0.6) is 11.5 Å². The molecule has 3 rings (SSSR count). The van der Waals surface area contributed by atoms with Gasteiger partial charge in [0.15, 0.2) is 5.17 Å². The monoisotopic (exact) mass is 475 g/mol. The molecule has 2 aromatic rings. The molecule has 0 aromatic heterocycles. The van der Waals surface area contributed by atoms with E-state index in [1.807, 2.05) is 26.0 Å². The molecule has 9 heteroatoms. The molecule has 0 spiro atoms. The van der Waals surface area contributed by atoms with E-state index in [1.54, 1.807) is 18.2 Å². The summed E-state index contributed by atoms with van der Waals surface area (Å²) in [4.78, 5) is 23.6. The number of hydrogen-bond donors (Lipinski definition) is 1. The van der Waals surface area contributed by atoms with Gasteiger partial charge in [0.05, 0.1) is 13.2 Å². The van der Waals surface area contributed by atoms with Crippen molar-refractivity contribution in [2.75, 3.05) is 13.2 Å². The Labute approximate surface area is 197 Å². The van der Waals surface area contributed by atoms with Crippen molar-refractivity contribution in [2.24, 2.45) is 5.10 Å². The first kappa shape index (κ1) is 23.9. The van der Waals surface area contributed by atoms with E-state index in [9.17, 15) is 9.59 Å². The summed E-state index contributed by atoms with van der Waals surface area (Å²) < 4.78 is 11.9. The van der Waals surface area contributed by atoms with Crippen molar-refractivity contribution in [1.29, 1.82) is 0 Å². The first-order valence-electron chi connectivity index (χ1n) is 10.2. The fourth-order valence-electron chi connectivity index (χ4n) is 3.19. The molecule has 1 aliphatic heterocycles. The molecule has 1 atom stereocenters. The molecule has 2 aromatic carbocycles. The zero-order chi connectivity index (χ0) is 23.3. The number of nitrogens with zero attached hydrogens (tertiary/aromatic N) is 2. The van der Waals surface area contributed by atoms with Gasteiger partial charge in [-0.25, -0.2) is 5.01 Å². The fourth-order valence-corrected chi connectivity index (χ4v) is 4.53. The lowest BCUT2D eigenvalue weighted by molar-refractivity contribution is -0.129. The van der Waals surface area contributed by atoms with E-state index in [4.69, 9.17) is 21.1 Å². The number of aryl methyl sites for hydroxylation is 2. The topological polar surface area (TPSA) is 80.2 Å². The van der Waals surface area contributed by atoms with Gasteiger partial charge in [0.2, 0.25) is 11.8 Å². The second kappa shape index (κ2) is 10.7. The van der Waals surface area contributed by atoms with E-state index < -0.39 is 5.37 Å². The lowest BCUT2D eigenvalue weighted by atomic mass is 10.1. The lowest BCUT2D eigenvalue weighted by Gasteiger charge is -2.22. The van der Waals surface area contributed by atoms with Crippen molar-refractivity contribution in [2.45, 2.75) is 39.5 Å². The van der Waals surface area contributed by atoms with Crippen molar-refractivity contribution in [1.82, 2.24) is 10.3 Å². The highest BCUT2D eigenvalue weighted by Gasteiger charge is 2.34. The van der Waals surface area contributed by atoms with E-state index in [1.165, 1.54) is 36.2 Å². The minimum Gasteiger partial charge on any atom is -0.493 e. The number of carbonyl (C=O) groups is 2. The van der Waals surface area contributed by atoms with Crippen molar-refractivity contribution in [3.63, 3.8) is 0 Å². The Morgan fingerprint density at radius 2 is 1.78 bits per heavy atom. The quantitative estimate of drug-likeness (QED) is 0.581. The van der Waals surface area contributed by atoms with Gasteiger partial charge in [-0.2, -0.15) is 0 Å². The highest BCUT2D eigenvalue weighted by atomic mass is 35.5. The Hall–Kier alpha value is -2.71. The van der Waals surface area contributed by atoms with E-state index in [0.29, 0.717) is 41.1 Å². The van der Waals surface area contributed by atoms with Crippen LogP contribution in [0.25, 0.3) is 0 Å². The average Bonchev–Trinajstić information content (AvgIpc) is 3.13. The Bertz CT molecular complexity index is 1040. The molecule has 0 saturated carbocycles. The number of halogens is 1. The number of benzene rings is 2. The molecule has 0 aliphatic carbocycles. The predicted molar refractivity (Wildman–Crippen MR) is 127 cm³/mol. The van der Waals surface area contributed by atoms with Crippen LogP contribution in [0.3, 0.4) is 0 Å². The van der Waals surface area contributed by atoms with Gasteiger partial charge in [0.1, 0.15) is 16.9 Å². The maximum atomic E-state index is 12.1. The van der Waals surface area contributed by atoms with E-state index in [-0.39, 0.29) is 11.8 Å². The van der Waals surface area contributed by atoms with Gasteiger partial charge in [-0.3, -0.25) is 9.59 Å². The van der Waals surface area contributed by atoms with Crippen molar-refractivity contribution in [3.8, 4) is 11.5 Å². The highest BCUT2D eigenvalue weighted by Crippen LogP contribution is 2.43. The third-order valence-electron chi connectivity index (χ3n) is 4.62. The number of amides is 2. The van der Waals surface area contributed by atoms with Crippen LogP contribution in [0.15, 0.2) is 41.5 Å². The van der Waals surface area contributed by atoms with Crippen LogP contribution in [0.1, 0.15) is 42.3 Å². The summed E-state index contributed by atoms with van der Waals surface area (Å²) in [6.45, 7) is 7.83. The summed E-state index contributed by atoms with van der Waals surface area (Å²) in [5.74, 6) is 0.955. The van der Waals surface area contributed by atoms with Gasteiger partial charge < -0.3 is 14.8 Å². The summed E-state index contributed by atoms with van der Waals surface area (Å²) in [6, 6.07) is 11.4. The maximum absolute atomic E-state index is 12.1. The molecule has 0 fully saturated rings.